The van der Waals surface area contributed by atoms with Gasteiger partial charge < -0.3 is 4.74 Å². The van der Waals surface area contributed by atoms with E-state index in [2.05, 4.69) is 21.6 Å². The van der Waals surface area contributed by atoms with Crippen molar-refractivity contribution in [3.63, 3.8) is 0 Å². The van der Waals surface area contributed by atoms with E-state index >= 15 is 0 Å². The molecule has 1 rings (SSSR count). The quantitative estimate of drug-likeness (QED) is 0.374. The van der Waals surface area contributed by atoms with Gasteiger partial charge in [-0.15, -0.1) is 0 Å². The molecule has 5 heteroatoms. The number of pyridine rings is 1. The van der Waals surface area contributed by atoms with Crippen LogP contribution in [0.25, 0.3) is 0 Å². The Hall–Kier alpha value is -2.04. The number of methoxy groups -OCH3 is 1. The highest BCUT2D eigenvalue weighted by Gasteiger charge is 2.00. The molecule has 0 N–H and O–H groups in total. The lowest BCUT2D eigenvalue weighted by Gasteiger charge is -1.93. The van der Waals surface area contributed by atoms with E-state index in [1.54, 1.807) is 0 Å². The van der Waals surface area contributed by atoms with Gasteiger partial charge in [-0.05, 0) is 6.07 Å². The third-order valence-electron chi connectivity index (χ3n) is 1.45. The molecule has 0 spiro atoms. The SMILES string of the molecule is COC(=O)C#Cc1cnc(Cl)c(C#N)c1. The van der Waals surface area contributed by atoms with Crippen LogP contribution in [0.2, 0.25) is 5.15 Å². The first-order valence-electron chi connectivity index (χ1n) is 3.83. The summed E-state index contributed by atoms with van der Waals surface area (Å²) in [4.78, 5) is 14.4. The van der Waals surface area contributed by atoms with Gasteiger partial charge in [0.25, 0.3) is 0 Å². The molecule has 0 aliphatic heterocycles. The van der Waals surface area contributed by atoms with E-state index in [9.17, 15) is 4.79 Å². The molecule has 0 amide bonds. The highest BCUT2D eigenvalue weighted by Crippen LogP contribution is 2.12. The van der Waals surface area contributed by atoms with Crippen molar-refractivity contribution in [1.29, 1.82) is 5.26 Å². The average Bonchev–Trinajstić information content (AvgIpc) is 2.27. The summed E-state index contributed by atoms with van der Waals surface area (Å²) in [5, 5.41) is 8.76. The van der Waals surface area contributed by atoms with Crippen LogP contribution in [0.3, 0.4) is 0 Å². The maximum absolute atomic E-state index is 10.7. The predicted octanol–water partition coefficient (Wildman–Crippen LogP) is 1.13. The third kappa shape index (κ3) is 2.98. The number of hydrogen-bond acceptors (Lipinski definition) is 4. The van der Waals surface area contributed by atoms with Crippen molar-refractivity contribution in [3.8, 4) is 17.9 Å². The lowest BCUT2D eigenvalue weighted by atomic mass is 10.2. The summed E-state index contributed by atoms with van der Waals surface area (Å²) in [5.74, 6) is 4.07. The zero-order chi connectivity index (χ0) is 11.3. The number of aromatic nitrogens is 1. The molecule has 0 fully saturated rings. The number of esters is 1. The van der Waals surface area contributed by atoms with Gasteiger partial charge in [-0.3, -0.25) is 0 Å². The maximum Gasteiger partial charge on any atom is 0.384 e. The Balaban J connectivity index is 3.02. The summed E-state index contributed by atoms with van der Waals surface area (Å²) in [6, 6.07) is 3.31. The smallest absolute Gasteiger partial charge is 0.384 e. The van der Waals surface area contributed by atoms with E-state index in [0.717, 1.165) is 0 Å². The first kappa shape index (κ1) is 11.0. The molecule has 0 aliphatic rings. The Kier molecular flexibility index (Phi) is 3.68. The molecule has 0 aromatic carbocycles. The Morgan fingerprint density at radius 3 is 3.00 bits per heavy atom. The molecule has 0 bridgehead atoms. The topological polar surface area (TPSA) is 63.0 Å². The van der Waals surface area contributed by atoms with Gasteiger partial charge in [0.05, 0.1) is 12.7 Å². The molecule has 15 heavy (non-hydrogen) atoms. The number of nitrogens with zero attached hydrogens (tertiary/aromatic N) is 2. The molecule has 0 unspecified atom stereocenters. The Labute approximate surface area is 91.4 Å². The van der Waals surface area contributed by atoms with E-state index in [-0.39, 0.29) is 10.7 Å². The molecule has 1 aromatic heterocycles. The van der Waals surface area contributed by atoms with Crippen molar-refractivity contribution in [1.82, 2.24) is 4.98 Å². The number of hydrogen-bond donors (Lipinski definition) is 0. The van der Waals surface area contributed by atoms with Crippen LogP contribution < -0.4 is 0 Å². The van der Waals surface area contributed by atoms with Crippen molar-refractivity contribution in [3.05, 3.63) is 28.5 Å². The van der Waals surface area contributed by atoms with Gasteiger partial charge in [0.15, 0.2) is 0 Å². The molecule has 0 aliphatic carbocycles. The van der Waals surface area contributed by atoms with Gasteiger partial charge in [0.2, 0.25) is 0 Å². The third-order valence-corrected chi connectivity index (χ3v) is 1.76. The Morgan fingerprint density at radius 2 is 2.40 bits per heavy atom. The monoisotopic (exact) mass is 220 g/mol. The normalized spacial score (nSPS) is 8.33. The van der Waals surface area contributed by atoms with E-state index in [0.29, 0.717) is 5.56 Å². The molecule has 0 radical (unpaired) electrons. The fourth-order valence-corrected chi connectivity index (χ4v) is 0.915. The number of rotatable bonds is 0. The summed E-state index contributed by atoms with van der Waals surface area (Å²) in [7, 11) is 1.23. The first-order valence-corrected chi connectivity index (χ1v) is 4.20. The van der Waals surface area contributed by atoms with Crippen LogP contribution in [0.5, 0.6) is 0 Å². The summed E-state index contributed by atoms with van der Waals surface area (Å²) in [5.41, 5.74) is 0.648. The van der Waals surface area contributed by atoms with Crippen LogP contribution >= 0.6 is 11.6 Å². The van der Waals surface area contributed by atoms with Crippen molar-refractivity contribution in [2.24, 2.45) is 0 Å². The fourth-order valence-electron chi connectivity index (χ4n) is 0.769. The second kappa shape index (κ2) is 4.99. The lowest BCUT2D eigenvalue weighted by molar-refractivity contribution is -0.133. The van der Waals surface area contributed by atoms with E-state index in [1.165, 1.54) is 19.4 Å². The minimum atomic E-state index is -0.650. The van der Waals surface area contributed by atoms with Gasteiger partial charge in [0.1, 0.15) is 11.2 Å². The highest BCUT2D eigenvalue weighted by atomic mass is 35.5. The van der Waals surface area contributed by atoms with Gasteiger partial charge in [-0.2, -0.15) is 5.26 Å². The molecule has 1 aromatic rings. The summed E-state index contributed by atoms with van der Waals surface area (Å²) >= 11 is 5.61. The molecular formula is C10H5ClN2O2. The molecule has 4 nitrogen and oxygen atoms in total. The second-order valence-corrected chi connectivity index (χ2v) is 2.77. The number of halogens is 1. The zero-order valence-electron chi connectivity index (χ0n) is 7.74. The average molecular weight is 221 g/mol. The van der Waals surface area contributed by atoms with Crippen molar-refractivity contribution in [2.45, 2.75) is 0 Å². The number of nitriles is 1. The highest BCUT2D eigenvalue weighted by molar-refractivity contribution is 6.30. The number of ether oxygens (including phenoxy) is 1. The second-order valence-electron chi connectivity index (χ2n) is 2.42. The minimum absolute atomic E-state index is 0.112. The summed E-state index contributed by atoms with van der Waals surface area (Å²) in [6.45, 7) is 0. The van der Waals surface area contributed by atoms with Crippen LogP contribution in [-0.2, 0) is 9.53 Å². The van der Waals surface area contributed by atoms with Gasteiger partial charge in [0, 0.05) is 17.7 Å². The standard InChI is InChI=1S/C10H5ClN2O2/c1-15-9(14)3-2-7-4-8(5-12)10(11)13-6-7/h4,6H,1H3. The summed E-state index contributed by atoms with van der Waals surface area (Å²) < 4.78 is 4.33. The Morgan fingerprint density at radius 1 is 1.67 bits per heavy atom. The first-order chi connectivity index (χ1) is 7.17. The number of carbonyl (C=O) groups is 1. The van der Waals surface area contributed by atoms with Crippen molar-refractivity contribution >= 4 is 17.6 Å². The van der Waals surface area contributed by atoms with E-state index < -0.39 is 5.97 Å². The zero-order valence-corrected chi connectivity index (χ0v) is 8.50. The van der Waals surface area contributed by atoms with Crippen LogP contribution in [0.15, 0.2) is 12.3 Å². The van der Waals surface area contributed by atoms with Crippen molar-refractivity contribution in [2.75, 3.05) is 7.11 Å². The minimum Gasteiger partial charge on any atom is -0.459 e. The molecule has 0 saturated heterocycles. The van der Waals surface area contributed by atoms with Crippen LogP contribution in [0.4, 0.5) is 0 Å². The van der Waals surface area contributed by atoms with Crippen LogP contribution in [0, 0.1) is 23.2 Å². The Bertz CT molecular complexity index is 494. The summed E-state index contributed by atoms with van der Waals surface area (Å²) in [6.07, 6.45) is 1.37. The maximum atomic E-state index is 10.7. The predicted molar refractivity (Wildman–Crippen MR) is 52.9 cm³/mol. The van der Waals surface area contributed by atoms with Crippen LogP contribution in [-0.4, -0.2) is 18.1 Å². The van der Waals surface area contributed by atoms with Crippen LogP contribution in [0.1, 0.15) is 11.1 Å². The van der Waals surface area contributed by atoms with E-state index in [4.69, 9.17) is 16.9 Å². The molecule has 1 heterocycles. The van der Waals surface area contributed by atoms with Crippen molar-refractivity contribution < 1.29 is 9.53 Å². The molecule has 0 atom stereocenters. The molecular weight excluding hydrogens is 216 g/mol. The molecule has 74 valence electrons. The number of carbonyl (C=O) groups excluding carboxylic acids is 1. The largest absolute Gasteiger partial charge is 0.459 e. The molecule has 0 saturated carbocycles. The van der Waals surface area contributed by atoms with Gasteiger partial charge >= 0.3 is 5.97 Å². The fraction of sp³-hybridized carbons (Fsp3) is 0.100. The van der Waals surface area contributed by atoms with Gasteiger partial charge in [-0.1, -0.05) is 17.5 Å². The van der Waals surface area contributed by atoms with Gasteiger partial charge in [-0.25, -0.2) is 9.78 Å². The lowest BCUT2D eigenvalue weighted by Crippen LogP contribution is -1.94. The van der Waals surface area contributed by atoms with E-state index in [1.807, 2.05) is 6.07 Å².